The van der Waals surface area contributed by atoms with Gasteiger partial charge in [0, 0.05) is 0 Å². The molecule has 0 aromatic carbocycles. The first-order valence-electron chi connectivity index (χ1n) is 7.81. The van der Waals surface area contributed by atoms with Crippen LogP contribution in [0.15, 0.2) is 0 Å². The average molecular weight is 220 g/mol. The molecular formula is C16H28. The average Bonchev–Trinajstić information content (AvgIpc) is 2.82. The predicted octanol–water partition coefficient (Wildman–Crippen LogP) is 5.17. The lowest BCUT2D eigenvalue weighted by atomic mass is 9.52. The summed E-state index contributed by atoms with van der Waals surface area (Å²) in [4.78, 5) is 0. The van der Waals surface area contributed by atoms with Gasteiger partial charge in [-0.3, -0.25) is 0 Å². The SMILES string of the molecule is CC1CCC2CCCCC2(C2CCCC2)C1. The van der Waals surface area contributed by atoms with E-state index in [1.54, 1.807) is 44.9 Å². The summed E-state index contributed by atoms with van der Waals surface area (Å²) in [5.41, 5.74) is 0.826. The van der Waals surface area contributed by atoms with Crippen molar-refractivity contribution in [3.8, 4) is 0 Å². The Balaban J connectivity index is 1.84. The Morgan fingerprint density at radius 2 is 1.38 bits per heavy atom. The highest BCUT2D eigenvalue weighted by Gasteiger charge is 2.49. The van der Waals surface area contributed by atoms with E-state index >= 15 is 0 Å². The monoisotopic (exact) mass is 220 g/mol. The van der Waals surface area contributed by atoms with Crippen LogP contribution < -0.4 is 0 Å². The van der Waals surface area contributed by atoms with Crippen molar-refractivity contribution in [2.75, 3.05) is 0 Å². The summed E-state index contributed by atoms with van der Waals surface area (Å²) in [6.45, 7) is 2.52. The van der Waals surface area contributed by atoms with Gasteiger partial charge in [-0.2, -0.15) is 0 Å². The molecule has 3 aliphatic rings. The summed E-state index contributed by atoms with van der Waals surface area (Å²) in [5.74, 6) is 3.27. The van der Waals surface area contributed by atoms with Crippen LogP contribution in [0.4, 0.5) is 0 Å². The van der Waals surface area contributed by atoms with Gasteiger partial charge in [-0.1, -0.05) is 39.0 Å². The molecule has 0 amide bonds. The number of hydrogen-bond donors (Lipinski definition) is 0. The van der Waals surface area contributed by atoms with Crippen LogP contribution >= 0.6 is 0 Å². The largest absolute Gasteiger partial charge is 0.0625 e. The van der Waals surface area contributed by atoms with Crippen molar-refractivity contribution in [1.82, 2.24) is 0 Å². The van der Waals surface area contributed by atoms with Crippen LogP contribution in [0.5, 0.6) is 0 Å². The van der Waals surface area contributed by atoms with Gasteiger partial charge in [0.2, 0.25) is 0 Å². The van der Waals surface area contributed by atoms with Gasteiger partial charge in [0.1, 0.15) is 0 Å². The lowest BCUT2D eigenvalue weighted by molar-refractivity contribution is -0.0309. The molecule has 3 saturated carbocycles. The molecule has 0 saturated heterocycles. The first-order valence-corrected chi connectivity index (χ1v) is 7.81. The van der Waals surface area contributed by atoms with Crippen molar-refractivity contribution in [2.45, 2.75) is 77.6 Å². The fraction of sp³-hybridized carbons (Fsp3) is 1.00. The molecule has 3 aliphatic carbocycles. The number of rotatable bonds is 1. The Kier molecular flexibility index (Phi) is 3.02. The van der Waals surface area contributed by atoms with Gasteiger partial charge in [-0.15, -0.1) is 0 Å². The molecule has 0 spiro atoms. The molecule has 0 radical (unpaired) electrons. The minimum Gasteiger partial charge on any atom is -0.0625 e. The molecule has 0 heteroatoms. The second-order valence-corrected chi connectivity index (χ2v) is 7.04. The van der Waals surface area contributed by atoms with Crippen molar-refractivity contribution in [1.29, 1.82) is 0 Å². The van der Waals surface area contributed by atoms with E-state index < -0.39 is 0 Å². The number of fused-ring (bicyclic) bond motifs is 1. The van der Waals surface area contributed by atoms with Gasteiger partial charge in [0.05, 0.1) is 0 Å². The van der Waals surface area contributed by atoms with E-state index in [1.807, 2.05) is 0 Å². The molecule has 0 nitrogen and oxygen atoms in total. The van der Waals surface area contributed by atoms with Crippen LogP contribution in [0.3, 0.4) is 0 Å². The summed E-state index contributed by atoms with van der Waals surface area (Å²) in [6.07, 6.45) is 17.1. The minimum atomic E-state index is 0.826. The van der Waals surface area contributed by atoms with Gasteiger partial charge >= 0.3 is 0 Å². The molecule has 0 aromatic rings. The van der Waals surface area contributed by atoms with Crippen LogP contribution in [0.2, 0.25) is 0 Å². The second-order valence-electron chi connectivity index (χ2n) is 7.04. The third kappa shape index (κ3) is 1.73. The van der Waals surface area contributed by atoms with E-state index in [9.17, 15) is 0 Å². The molecule has 3 rings (SSSR count). The van der Waals surface area contributed by atoms with Crippen LogP contribution in [0.1, 0.15) is 77.6 Å². The minimum absolute atomic E-state index is 0.826. The topological polar surface area (TPSA) is 0 Å². The lowest BCUT2D eigenvalue weighted by Gasteiger charge is -2.53. The fourth-order valence-corrected chi connectivity index (χ4v) is 5.48. The Hall–Kier alpha value is 0. The van der Waals surface area contributed by atoms with Gasteiger partial charge < -0.3 is 0 Å². The Morgan fingerprint density at radius 1 is 0.750 bits per heavy atom. The quantitative estimate of drug-likeness (QED) is 0.571. The van der Waals surface area contributed by atoms with Crippen molar-refractivity contribution in [2.24, 2.45) is 23.2 Å². The van der Waals surface area contributed by atoms with Crippen molar-refractivity contribution in [3.63, 3.8) is 0 Å². The first-order chi connectivity index (χ1) is 7.81. The smallest absolute Gasteiger partial charge is 0.0238 e. The molecule has 0 bridgehead atoms. The molecule has 0 aromatic heterocycles. The predicted molar refractivity (Wildman–Crippen MR) is 69.4 cm³/mol. The van der Waals surface area contributed by atoms with Gasteiger partial charge in [-0.25, -0.2) is 0 Å². The van der Waals surface area contributed by atoms with E-state index in [0.29, 0.717) is 0 Å². The summed E-state index contributed by atoms with van der Waals surface area (Å²) in [6, 6.07) is 0. The maximum Gasteiger partial charge on any atom is -0.0238 e. The zero-order chi connectivity index (χ0) is 11.0. The molecule has 16 heavy (non-hydrogen) atoms. The molecule has 0 N–H and O–H groups in total. The zero-order valence-electron chi connectivity index (χ0n) is 11.0. The molecule has 92 valence electrons. The van der Waals surface area contributed by atoms with Crippen LogP contribution in [0, 0.1) is 23.2 Å². The third-order valence-corrected chi connectivity index (χ3v) is 6.16. The van der Waals surface area contributed by atoms with E-state index in [2.05, 4.69) is 6.92 Å². The summed E-state index contributed by atoms with van der Waals surface area (Å²) < 4.78 is 0. The third-order valence-electron chi connectivity index (χ3n) is 6.16. The van der Waals surface area contributed by atoms with Crippen molar-refractivity contribution >= 4 is 0 Å². The van der Waals surface area contributed by atoms with Crippen molar-refractivity contribution < 1.29 is 0 Å². The highest BCUT2D eigenvalue weighted by Crippen LogP contribution is 2.59. The first kappa shape index (κ1) is 11.1. The zero-order valence-corrected chi connectivity index (χ0v) is 11.0. The van der Waals surface area contributed by atoms with Gasteiger partial charge in [-0.05, 0) is 61.7 Å². The summed E-state index contributed by atoms with van der Waals surface area (Å²) >= 11 is 0. The molecule has 0 aliphatic heterocycles. The second kappa shape index (κ2) is 4.35. The lowest BCUT2D eigenvalue weighted by Crippen LogP contribution is -2.43. The highest BCUT2D eigenvalue weighted by atomic mass is 14.5. The molecule has 0 heterocycles. The standard InChI is InChI=1S/C16H28/c1-13-9-10-15-8-4-5-11-16(15,12-13)14-6-2-3-7-14/h13-15H,2-12H2,1H3. The van der Waals surface area contributed by atoms with E-state index in [0.717, 1.165) is 23.2 Å². The molecule has 3 atom stereocenters. The van der Waals surface area contributed by atoms with E-state index in [-0.39, 0.29) is 0 Å². The van der Waals surface area contributed by atoms with E-state index in [1.165, 1.54) is 25.7 Å². The maximum absolute atomic E-state index is 2.52. The maximum atomic E-state index is 2.52. The Labute approximate surface area is 101 Å². The Morgan fingerprint density at radius 3 is 2.12 bits per heavy atom. The number of hydrogen-bond acceptors (Lipinski definition) is 0. The van der Waals surface area contributed by atoms with Crippen LogP contribution in [-0.4, -0.2) is 0 Å². The highest BCUT2D eigenvalue weighted by molar-refractivity contribution is 4.99. The Bertz CT molecular complexity index is 234. The molecule has 3 fully saturated rings. The van der Waals surface area contributed by atoms with Gasteiger partial charge in [0.25, 0.3) is 0 Å². The van der Waals surface area contributed by atoms with Crippen LogP contribution in [-0.2, 0) is 0 Å². The summed E-state index contributed by atoms with van der Waals surface area (Å²) in [7, 11) is 0. The fourth-order valence-electron chi connectivity index (χ4n) is 5.48. The summed E-state index contributed by atoms with van der Waals surface area (Å²) in [5, 5.41) is 0. The molecule has 3 unspecified atom stereocenters. The van der Waals surface area contributed by atoms with Crippen molar-refractivity contribution in [3.05, 3.63) is 0 Å². The van der Waals surface area contributed by atoms with E-state index in [4.69, 9.17) is 0 Å². The molecular weight excluding hydrogens is 192 g/mol. The van der Waals surface area contributed by atoms with Crippen LogP contribution in [0.25, 0.3) is 0 Å². The normalized spacial score (nSPS) is 45.6. The van der Waals surface area contributed by atoms with Gasteiger partial charge in [0.15, 0.2) is 0 Å².